The van der Waals surface area contributed by atoms with Gasteiger partial charge in [-0.2, -0.15) is 18.4 Å². The Balaban J connectivity index is 0.779. The summed E-state index contributed by atoms with van der Waals surface area (Å²) in [5.41, 5.74) is 3.11. The van der Waals surface area contributed by atoms with Crippen LogP contribution in [0.25, 0.3) is 10.4 Å². The van der Waals surface area contributed by atoms with Crippen molar-refractivity contribution in [3.8, 4) is 28.0 Å². The molecule has 2 N–H and O–H groups in total. The van der Waals surface area contributed by atoms with Crippen molar-refractivity contribution in [2.24, 2.45) is 5.92 Å². The number of ether oxygens (including phenoxy) is 4. The number of amides is 4. The number of hydrogen-bond acceptors (Lipinski definition) is 13. The molecule has 0 bridgehead atoms. The molecule has 21 heteroatoms. The molecule has 1 saturated carbocycles. The first-order chi connectivity index (χ1) is 37.8. The van der Waals surface area contributed by atoms with Crippen LogP contribution >= 0.6 is 23.6 Å². The molecule has 4 heterocycles. The molecular formula is C58H62F3N7O9S2. The third kappa shape index (κ3) is 12.0. The Hall–Kier alpha value is -6.96. The van der Waals surface area contributed by atoms with Crippen LogP contribution in [0.3, 0.4) is 0 Å². The number of alkyl halides is 3. The number of nitriles is 1. The number of anilines is 2. The first-order valence-corrected chi connectivity index (χ1v) is 27.6. The molecule has 0 spiro atoms. The van der Waals surface area contributed by atoms with Crippen LogP contribution in [0, 0.1) is 24.2 Å². The number of fused-ring (bicyclic) bond motifs is 1. The molecule has 4 aromatic carbocycles. The topological polar surface area (TPSA) is 187 Å². The fourth-order valence-corrected chi connectivity index (χ4v) is 12.2. The van der Waals surface area contributed by atoms with Crippen LogP contribution in [0.1, 0.15) is 98.1 Å². The van der Waals surface area contributed by atoms with Crippen LogP contribution in [-0.2, 0) is 43.1 Å². The standard InChI is InChI=1S/C58H62F3N7O9S2/c1-34(2)50(66-31-39-10-6-7-11-44(39)53(66)71)54(72)65-32-42(69)28-46(65)52(70)63-30-38-15-14-36(51-35(3)64-33-79-51)26-49(38)77-25-24-76-48-13-9-8-12-47(48)75-23-22-74-43-20-18-40(19-21-43)68-56(78)67(55(73)57(68,4)5)41-17-16-37(29-62)45(27-41)58(59,60)61/h6-7,10-11,14-21,26-27,33-34,42,46-48,50,69H,8-9,12-13,22-25,28,30-32H2,1-5H3,(H,63,70)/t42-,46+,47?,48?,50+/m1/s1. The molecule has 2 unspecified atom stereocenters. The van der Waals surface area contributed by atoms with Gasteiger partial charge in [0.1, 0.15) is 42.3 Å². The van der Waals surface area contributed by atoms with Crippen LogP contribution in [0.15, 0.2) is 90.4 Å². The van der Waals surface area contributed by atoms with Gasteiger partial charge < -0.3 is 44.1 Å². The van der Waals surface area contributed by atoms with Gasteiger partial charge in [0.2, 0.25) is 11.8 Å². The minimum Gasteiger partial charge on any atom is -0.491 e. The molecule has 416 valence electrons. The lowest BCUT2D eigenvalue weighted by atomic mass is 9.94. The second-order valence-corrected chi connectivity index (χ2v) is 22.2. The number of benzene rings is 4. The first kappa shape index (κ1) is 56.7. The van der Waals surface area contributed by atoms with E-state index in [9.17, 15) is 42.7 Å². The maximum absolute atomic E-state index is 14.3. The summed E-state index contributed by atoms with van der Waals surface area (Å²) in [5.74, 6) is -0.763. The van der Waals surface area contributed by atoms with Crippen molar-refractivity contribution in [3.05, 3.63) is 124 Å². The van der Waals surface area contributed by atoms with E-state index in [0.717, 1.165) is 64.4 Å². The van der Waals surface area contributed by atoms with E-state index in [1.54, 1.807) is 71.6 Å². The lowest BCUT2D eigenvalue weighted by Gasteiger charge is -2.35. The van der Waals surface area contributed by atoms with Crippen molar-refractivity contribution in [1.82, 2.24) is 20.1 Å². The van der Waals surface area contributed by atoms with Gasteiger partial charge in [-0.05, 0) is 117 Å². The fourth-order valence-electron chi connectivity index (χ4n) is 10.9. The number of aliphatic hydroxyl groups is 1. The highest BCUT2D eigenvalue weighted by molar-refractivity contribution is 7.81. The van der Waals surface area contributed by atoms with E-state index >= 15 is 0 Å². The Labute approximate surface area is 466 Å². The monoisotopic (exact) mass is 1120 g/mol. The van der Waals surface area contributed by atoms with E-state index in [1.807, 2.05) is 51.1 Å². The van der Waals surface area contributed by atoms with E-state index < -0.39 is 52.8 Å². The molecule has 0 radical (unpaired) electrons. The molecule has 2 saturated heterocycles. The summed E-state index contributed by atoms with van der Waals surface area (Å²) < 4.78 is 66.7. The number of carbonyl (C=O) groups excluding carboxylic acids is 4. The largest absolute Gasteiger partial charge is 0.491 e. The van der Waals surface area contributed by atoms with Crippen molar-refractivity contribution in [2.75, 3.05) is 42.8 Å². The summed E-state index contributed by atoms with van der Waals surface area (Å²) in [5, 5.41) is 23.1. The predicted molar refractivity (Wildman–Crippen MR) is 293 cm³/mol. The maximum Gasteiger partial charge on any atom is 0.417 e. The maximum atomic E-state index is 14.3. The molecule has 5 atom stereocenters. The normalized spacial score (nSPS) is 20.4. The predicted octanol–water partition coefficient (Wildman–Crippen LogP) is 8.99. The third-order valence-corrected chi connectivity index (χ3v) is 16.3. The van der Waals surface area contributed by atoms with Crippen LogP contribution in [-0.4, -0.2) is 118 Å². The summed E-state index contributed by atoms with van der Waals surface area (Å²) in [7, 11) is 0. The van der Waals surface area contributed by atoms with Gasteiger partial charge >= 0.3 is 6.18 Å². The minimum atomic E-state index is -4.81. The second-order valence-electron chi connectivity index (χ2n) is 20.9. The van der Waals surface area contributed by atoms with E-state index in [1.165, 1.54) is 22.3 Å². The highest BCUT2D eigenvalue weighted by atomic mass is 32.1. The van der Waals surface area contributed by atoms with Gasteiger partial charge in [-0.25, -0.2) is 4.98 Å². The van der Waals surface area contributed by atoms with E-state index in [0.29, 0.717) is 28.3 Å². The zero-order chi connectivity index (χ0) is 56.3. The number of β-amino-alcohol motifs (C(OH)–C–C–N with tert-alkyl or cyclic N) is 1. The number of aromatic nitrogens is 1. The van der Waals surface area contributed by atoms with Gasteiger partial charge in [0.05, 0.1) is 70.5 Å². The van der Waals surface area contributed by atoms with Crippen molar-refractivity contribution >= 4 is 63.7 Å². The summed E-state index contributed by atoms with van der Waals surface area (Å²) in [6, 6.07) is 22.8. The van der Waals surface area contributed by atoms with Gasteiger partial charge in [-0.1, -0.05) is 57.0 Å². The molecule has 3 aliphatic heterocycles. The SMILES string of the molecule is Cc1ncsc1-c1ccc(CNC(=O)[C@@H]2C[C@@H](O)CN2C(=O)[C@H](C(C)C)N2Cc3ccccc3C2=O)c(OCCOC2CCCCC2OCCOc2ccc(N3C(=S)N(c4ccc(C#N)c(C(F)(F)F)c4)C(=O)C3(C)C)cc2)c1. The molecule has 16 nitrogen and oxygen atoms in total. The van der Waals surface area contributed by atoms with Crippen LogP contribution in [0.2, 0.25) is 0 Å². The zero-order valence-corrected chi connectivity index (χ0v) is 46.1. The number of thiocarbonyl (C=S) groups is 1. The molecular weight excluding hydrogens is 1060 g/mol. The number of nitrogens with one attached hydrogen (secondary N) is 1. The minimum absolute atomic E-state index is 0.0140. The van der Waals surface area contributed by atoms with E-state index in [4.69, 9.17) is 31.2 Å². The van der Waals surface area contributed by atoms with Gasteiger partial charge in [0.25, 0.3) is 11.8 Å². The van der Waals surface area contributed by atoms with Crippen molar-refractivity contribution < 1.29 is 56.4 Å². The highest BCUT2D eigenvalue weighted by Gasteiger charge is 2.51. The smallest absolute Gasteiger partial charge is 0.417 e. The molecule has 4 amide bonds. The van der Waals surface area contributed by atoms with Crippen molar-refractivity contribution in [2.45, 2.75) is 122 Å². The van der Waals surface area contributed by atoms with Crippen LogP contribution < -0.4 is 24.6 Å². The number of halogens is 3. The average molecular weight is 1120 g/mol. The molecule has 5 aromatic rings. The number of nitrogens with zero attached hydrogens (tertiary/aromatic N) is 6. The Morgan fingerprint density at radius 2 is 1.62 bits per heavy atom. The summed E-state index contributed by atoms with van der Waals surface area (Å²) in [4.78, 5) is 66.6. The second kappa shape index (κ2) is 23.8. The quantitative estimate of drug-likeness (QED) is 0.0590. The average Bonchev–Trinajstić information content (AvgIpc) is 4.32. The zero-order valence-electron chi connectivity index (χ0n) is 44.5. The summed E-state index contributed by atoms with van der Waals surface area (Å²) >= 11 is 7.19. The van der Waals surface area contributed by atoms with E-state index in [2.05, 4.69) is 10.3 Å². The number of rotatable bonds is 19. The van der Waals surface area contributed by atoms with Crippen LogP contribution in [0.4, 0.5) is 24.5 Å². The lowest BCUT2D eigenvalue weighted by molar-refractivity contribution is -0.143. The number of carbonyl (C=O) groups is 4. The number of hydrogen-bond donors (Lipinski definition) is 2. The molecule has 3 fully saturated rings. The summed E-state index contributed by atoms with van der Waals surface area (Å²) in [6.07, 6.45) is -2.51. The van der Waals surface area contributed by atoms with Gasteiger partial charge in [0.15, 0.2) is 5.11 Å². The van der Waals surface area contributed by atoms with Crippen molar-refractivity contribution in [3.63, 3.8) is 0 Å². The lowest BCUT2D eigenvalue weighted by Crippen LogP contribution is -2.55. The number of aryl methyl sites for hydroxylation is 1. The summed E-state index contributed by atoms with van der Waals surface area (Å²) in [6.45, 7) is 10.2. The van der Waals surface area contributed by atoms with Gasteiger partial charge in [0, 0.05) is 42.9 Å². The van der Waals surface area contributed by atoms with E-state index in [-0.39, 0.29) is 93.2 Å². The van der Waals surface area contributed by atoms with Crippen LogP contribution in [0.5, 0.6) is 11.5 Å². The van der Waals surface area contributed by atoms with Gasteiger partial charge in [-0.3, -0.25) is 24.1 Å². The molecule has 79 heavy (non-hydrogen) atoms. The molecule has 9 rings (SSSR count). The van der Waals surface area contributed by atoms with Gasteiger partial charge in [-0.15, -0.1) is 11.3 Å². The number of aliphatic hydroxyl groups excluding tert-OH is 1. The Kier molecular flexibility index (Phi) is 17.1. The number of thiazole rings is 1. The Morgan fingerprint density at radius 3 is 2.27 bits per heavy atom. The third-order valence-electron chi connectivity index (χ3n) is 14.9. The first-order valence-electron chi connectivity index (χ1n) is 26.3. The molecule has 1 aromatic heterocycles. The fraction of sp³-hybridized carbons (Fsp3) is 0.431. The number of likely N-dealkylation sites (tertiary alicyclic amines) is 1. The molecule has 4 aliphatic rings. The highest BCUT2D eigenvalue weighted by Crippen LogP contribution is 2.41. The Morgan fingerprint density at radius 1 is 0.937 bits per heavy atom. The Bertz CT molecular complexity index is 3150. The molecule has 1 aliphatic carbocycles. The van der Waals surface area contributed by atoms with Crippen molar-refractivity contribution in [1.29, 1.82) is 5.26 Å².